The summed E-state index contributed by atoms with van der Waals surface area (Å²) in [6.45, 7) is 4.88. The Morgan fingerprint density at radius 2 is 2.20 bits per heavy atom. The van der Waals surface area contributed by atoms with Crippen molar-refractivity contribution in [1.82, 2.24) is 14.8 Å². The van der Waals surface area contributed by atoms with Gasteiger partial charge in [0.1, 0.15) is 24.1 Å². The molecular weight excluding hydrogens is 321 g/mol. The number of fused-ring (bicyclic) bond motifs is 1. The third kappa shape index (κ3) is 2.77. The summed E-state index contributed by atoms with van der Waals surface area (Å²) in [5.74, 6) is 0.162. The van der Waals surface area contributed by atoms with Gasteiger partial charge in [-0.05, 0) is 49.8 Å². The fourth-order valence-electron chi connectivity index (χ4n) is 4.58. The van der Waals surface area contributed by atoms with Crippen LogP contribution in [0.3, 0.4) is 0 Å². The van der Waals surface area contributed by atoms with Gasteiger partial charge in [-0.1, -0.05) is 12.1 Å². The number of ether oxygens (including phenoxy) is 2. The van der Waals surface area contributed by atoms with Crippen molar-refractivity contribution in [3.05, 3.63) is 48.3 Å². The van der Waals surface area contributed by atoms with E-state index in [1.165, 1.54) is 12.1 Å². The van der Waals surface area contributed by atoms with Gasteiger partial charge in [0.2, 0.25) is 0 Å². The van der Waals surface area contributed by atoms with Crippen LogP contribution in [-0.4, -0.2) is 40.2 Å². The Labute approximate surface area is 147 Å². The molecule has 1 aliphatic carbocycles. The molecule has 0 N–H and O–H groups in total. The van der Waals surface area contributed by atoms with Gasteiger partial charge in [0.15, 0.2) is 0 Å². The zero-order valence-corrected chi connectivity index (χ0v) is 14.5. The van der Waals surface area contributed by atoms with Crippen molar-refractivity contribution in [3.8, 4) is 0 Å². The van der Waals surface area contributed by atoms with Gasteiger partial charge in [-0.2, -0.15) is 5.10 Å². The Morgan fingerprint density at radius 1 is 1.36 bits per heavy atom. The summed E-state index contributed by atoms with van der Waals surface area (Å²) in [4.78, 5) is 4.07. The summed E-state index contributed by atoms with van der Waals surface area (Å²) in [7, 11) is 0. The molecule has 1 aromatic carbocycles. The van der Waals surface area contributed by atoms with E-state index in [9.17, 15) is 4.39 Å². The monoisotopic (exact) mass is 345 g/mol. The molecule has 0 bridgehead atoms. The second kappa shape index (κ2) is 6.50. The molecule has 0 amide bonds. The molecule has 0 spiro atoms. The van der Waals surface area contributed by atoms with E-state index in [1.807, 2.05) is 23.7 Å². The normalized spacial score (nSPS) is 30.9. The van der Waals surface area contributed by atoms with Crippen LogP contribution in [0.5, 0.6) is 0 Å². The first-order valence-corrected chi connectivity index (χ1v) is 8.96. The largest absolute Gasteiger partial charge is 0.381 e. The predicted octanol–water partition coefficient (Wildman–Crippen LogP) is 2.86. The Balaban J connectivity index is 1.60. The maximum Gasteiger partial charge on any atom is 0.137 e. The molecule has 1 aliphatic heterocycles. The highest BCUT2D eigenvalue weighted by Crippen LogP contribution is 2.61. The molecule has 1 saturated heterocycles. The lowest BCUT2D eigenvalue weighted by molar-refractivity contribution is -0.290. The van der Waals surface area contributed by atoms with Gasteiger partial charge in [0, 0.05) is 12.0 Å². The molecule has 5 nitrogen and oxygen atoms in total. The Morgan fingerprint density at radius 3 is 2.84 bits per heavy atom. The van der Waals surface area contributed by atoms with Gasteiger partial charge in [0.25, 0.3) is 0 Å². The molecule has 25 heavy (non-hydrogen) atoms. The van der Waals surface area contributed by atoms with Crippen LogP contribution in [-0.2, 0) is 22.4 Å². The number of hydrogen-bond acceptors (Lipinski definition) is 4. The number of benzene rings is 1. The quantitative estimate of drug-likeness (QED) is 0.774. The first kappa shape index (κ1) is 16.7. The Bertz CT molecular complexity index is 706. The van der Waals surface area contributed by atoms with E-state index in [2.05, 4.69) is 10.1 Å². The van der Waals surface area contributed by atoms with Crippen molar-refractivity contribution in [2.45, 2.75) is 38.3 Å². The molecule has 4 rings (SSSR count). The smallest absolute Gasteiger partial charge is 0.137 e. The topological polar surface area (TPSA) is 49.2 Å². The molecule has 2 fully saturated rings. The van der Waals surface area contributed by atoms with Crippen LogP contribution in [0.15, 0.2) is 36.9 Å². The number of hydrogen-bond donors (Lipinski definition) is 0. The lowest BCUT2D eigenvalue weighted by Crippen LogP contribution is -2.67. The molecule has 134 valence electrons. The highest BCUT2D eigenvalue weighted by molar-refractivity contribution is 5.22. The van der Waals surface area contributed by atoms with Gasteiger partial charge < -0.3 is 9.47 Å². The first-order chi connectivity index (χ1) is 12.2. The highest BCUT2D eigenvalue weighted by Gasteiger charge is 2.68. The van der Waals surface area contributed by atoms with E-state index < -0.39 is 0 Å². The minimum absolute atomic E-state index is 0.0413. The summed E-state index contributed by atoms with van der Waals surface area (Å²) in [6.07, 6.45) is 6.36. The van der Waals surface area contributed by atoms with Crippen LogP contribution in [0.25, 0.3) is 0 Å². The van der Waals surface area contributed by atoms with Gasteiger partial charge in [0.05, 0.1) is 19.8 Å². The summed E-state index contributed by atoms with van der Waals surface area (Å²) in [5, 5.41) is 4.29. The summed E-state index contributed by atoms with van der Waals surface area (Å²) >= 11 is 0. The molecule has 6 heteroatoms. The fourth-order valence-corrected chi connectivity index (χ4v) is 4.58. The fraction of sp³-hybridized carbons (Fsp3) is 0.579. The van der Waals surface area contributed by atoms with Crippen molar-refractivity contribution in [2.24, 2.45) is 11.3 Å². The second-order valence-corrected chi connectivity index (χ2v) is 7.25. The molecule has 2 heterocycles. The molecule has 2 aromatic rings. The van der Waals surface area contributed by atoms with Crippen molar-refractivity contribution in [1.29, 1.82) is 0 Å². The van der Waals surface area contributed by atoms with Crippen molar-refractivity contribution in [3.63, 3.8) is 0 Å². The lowest BCUT2D eigenvalue weighted by Gasteiger charge is -2.57. The van der Waals surface area contributed by atoms with E-state index >= 15 is 0 Å². The van der Waals surface area contributed by atoms with Crippen molar-refractivity contribution < 1.29 is 13.9 Å². The average Bonchev–Trinajstić information content (AvgIpc) is 3.18. The third-order valence-corrected chi connectivity index (χ3v) is 5.98. The van der Waals surface area contributed by atoms with Gasteiger partial charge in [-0.25, -0.2) is 9.37 Å². The van der Waals surface area contributed by atoms with Crippen molar-refractivity contribution in [2.75, 3.05) is 19.8 Å². The molecule has 0 radical (unpaired) electrons. The third-order valence-electron chi connectivity index (χ3n) is 5.98. The van der Waals surface area contributed by atoms with Gasteiger partial charge in [-0.15, -0.1) is 0 Å². The van der Waals surface area contributed by atoms with E-state index in [1.54, 1.807) is 12.7 Å². The second-order valence-electron chi connectivity index (χ2n) is 7.25. The minimum Gasteiger partial charge on any atom is -0.381 e. The van der Waals surface area contributed by atoms with Crippen LogP contribution in [0.2, 0.25) is 0 Å². The van der Waals surface area contributed by atoms with E-state index in [0.29, 0.717) is 19.1 Å². The first-order valence-electron chi connectivity index (χ1n) is 8.96. The van der Waals surface area contributed by atoms with Gasteiger partial charge in [-0.3, -0.25) is 4.68 Å². The number of nitrogens with zero attached hydrogens (tertiary/aromatic N) is 3. The van der Waals surface area contributed by atoms with Crippen LogP contribution < -0.4 is 0 Å². The zero-order chi connectivity index (χ0) is 17.3. The van der Waals surface area contributed by atoms with Crippen molar-refractivity contribution >= 4 is 0 Å². The van der Waals surface area contributed by atoms with Gasteiger partial charge >= 0.3 is 0 Å². The number of rotatable bonds is 7. The average molecular weight is 345 g/mol. The summed E-state index contributed by atoms with van der Waals surface area (Å²) in [5.41, 5.74) is 0.899. The molecule has 1 aromatic heterocycles. The van der Waals surface area contributed by atoms with E-state index in [4.69, 9.17) is 9.47 Å². The maximum atomic E-state index is 13.2. The molecule has 3 atom stereocenters. The van der Waals surface area contributed by atoms with Crippen LogP contribution in [0.4, 0.5) is 4.39 Å². The molecule has 1 saturated carbocycles. The summed E-state index contributed by atoms with van der Waals surface area (Å²) < 4.78 is 27.2. The Hall–Kier alpha value is -1.79. The summed E-state index contributed by atoms with van der Waals surface area (Å²) in [6, 6.07) is 6.81. The standard InChI is InChI=1S/C19H24FN3O2/c1-2-24-11-18-8-7-16(9-15-3-5-17(20)6-4-15)19(18,25-12-18)10-23-14-21-13-22-23/h3-6,13-14,16H,2,7-12H2,1H3. The lowest BCUT2D eigenvalue weighted by atomic mass is 9.66. The number of aromatic nitrogens is 3. The number of halogens is 1. The Kier molecular flexibility index (Phi) is 4.33. The van der Waals surface area contributed by atoms with E-state index in [0.717, 1.165) is 38.0 Å². The SMILES string of the molecule is CCOCC12CCC(Cc3ccc(F)cc3)C1(Cn1cncn1)OC2. The highest BCUT2D eigenvalue weighted by atomic mass is 19.1. The molecule has 2 aliphatic rings. The van der Waals surface area contributed by atoms with Crippen LogP contribution >= 0.6 is 0 Å². The predicted molar refractivity (Wildman–Crippen MR) is 90.5 cm³/mol. The van der Waals surface area contributed by atoms with Crippen LogP contribution in [0, 0.1) is 17.2 Å². The molecular formula is C19H24FN3O2. The van der Waals surface area contributed by atoms with E-state index in [-0.39, 0.29) is 16.8 Å². The maximum absolute atomic E-state index is 13.2. The zero-order valence-electron chi connectivity index (χ0n) is 14.5. The van der Waals surface area contributed by atoms with Crippen LogP contribution in [0.1, 0.15) is 25.3 Å². The molecule has 3 unspecified atom stereocenters. The minimum atomic E-state index is -0.287.